The van der Waals surface area contributed by atoms with E-state index in [0.29, 0.717) is 0 Å². The monoisotopic (exact) mass is 847 g/mol. The zero-order valence-electron chi connectivity index (χ0n) is 34.6. The third-order valence-electron chi connectivity index (χ3n) is 8.64. The number of carboxylic acid groups (broad SMARTS) is 1. The van der Waals surface area contributed by atoms with Gasteiger partial charge in [0.15, 0.2) is 5.96 Å². The van der Waals surface area contributed by atoms with Crippen LogP contribution >= 0.6 is 0 Å². The van der Waals surface area contributed by atoms with Gasteiger partial charge in [-0.05, 0) is 43.9 Å². The second kappa shape index (κ2) is 26.8. The van der Waals surface area contributed by atoms with Crippen molar-refractivity contribution in [2.45, 2.75) is 122 Å². The molecule has 338 valence electrons. The highest BCUT2D eigenvalue weighted by Crippen LogP contribution is 2.11. The Morgan fingerprint density at radius 1 is 0.610 bits per heavy atom. The van der Waals surface area contributed by atoms with Crippen molar-refractivity contribution >= 4 is 53.3 Å². The van der Waals surface area contributed by atoms with Gasteiger partial charge in [-0.3, -0.25) is 38.6 Å². The van der Waals surface area contributed by atoms with Crippen molar-refractivity contribution in [3.05, 3.63) is 0 Å². The fourth-order valence-electron chi connectivity index (χ4n) is 5.20. The van der Waals surface area contributed by atoms with Crippen LogP contribution in [0.2, 0.25) is 0 Å². The van der Waals surface area contributed by atoms with Crippen molar-refractivity contribution in [2.24, 2.45) is 39.9 Å². The molecule has 0 aromatic carbocycles. The van der Waals surface area contributed by atoms with Gasteiger partial charge in [0, 0.05) is 6.54 Å². The van der Waals surface area contributed by atoms with Crippen LogP contribution in [0.5, 0.6) is 0 Å². The van der Waals surface area contributed by atoms with Gasteiger partial charge < -0.3 is 80.0 Å². The molecule has 0 rings (SSSR count). The largest absolute Gasteiger partial charge is 0.480 e. The predicted molar refractivity (Wildman–Crippen MR) is 211 cm³/mol. The summed E-state index contributed by atoms with van der Waals surface area (Å²) < 4.78 is 0. The Bertz CT molecular complexity index is 1460. The number of aliphatic carboxylic acids is 1. The highest BCUT2D eigenvalue weighted by molar-refractivity contribution is 5.97. The molecule has 0 heterocycles. The summed E-state index contributed by atoms with van der Waals surface area (Å²) in [5, 5.41) is 64.5. The number of carboxylic acids is 1. The second-order valence-corrected chi connectivity index (χ2v) is 15.0. The van der Waals surface area contributed by atoms with Gasteiger partial charge in [0.25, 0.3) is 0 Å². The van der Waals surface area contributed by atoms with Gasteiger partial charge in [0.2, 0.25) is 41.4 Å². The third kappa shape index (κ3) is 19.9. The molecule has 0 aliphatic carbocycles. The molecule has 59 heavy (non-hydrogen) atoms. The Morgan fingerprint density at radius 3 is 1.59 bits per heavy atom. The Hall–Kier alpha value is -5.17. The maximum atomic E-state index is 13.8. The highest BCUT2D eigenvalue weighted by Gasteiger charge is 2.35. The van der Waals surface area contributed by atoms with E-state index in [1.807, 2.05) is 5.32 Å². The van der Waals surface area contributed by atoms with Gasteiger partial charge >= 0.3 is 5.97 Å². The summed E-state index contributed by atoms with van der Waals surface area (Å²) in [6.07, 6.45) is -2.51. The Labute approximate surface area is 342 Å². The average Bonchev–Trinajstić information content (AvgIpc) is 3.14. The number of nitrogens with two attached hydrogens (primary N) is 3. The molecule has 18 N–H and O–H groups in total. The number of carbonyl (C=O) groups is 8. The highest BCUT2D eigenvalue weighted by atomic mass is 16.4. The van der Waals surface area contributed by atoms with Gasteiger partial charge in [0.05, 0.1) is 32.0 Å². The lowest BCUT2D eigenvalue weighted by Gasteiger charge is -2.29. The number of hydrogen-bond acceptors (Lipinski definition) is 14. The van der Waals surface area contributed by atoms with E-state index >= 15 is 0 Å². The molecule has 0 aliphatic heterocycles. The fourth-order valence-corrected chi connectivity index (χ4v) is 5.20. The molecule has 0 aromatic rings. The molecule has 0 radical (unpaired) electrons. The number of nitrogens with zero attached hydrogens (tertiary/aromatic N) is 1. The molecule has 0 unspecified atom stereocenters. The SMILES string of the molecule is CC(C)C[C@H](NC(=O)[C@@H](N)[C@H](O)C(C)C)C(=O)N[C@H](CCCN=C(N)N)C(=O)N[C@H](C(=O)N[C@H](C(=O)NCC(=O)N[C@@H](CO)C(=O)N[C@@H](CO)C(=O)O)[C@H](C)O)C(C)C. The van der Waals surface area contributed by atoms with E-state index in [-0.39, 0.29) is 43.6 Å². The van der Waals surface area contributed by atoms with E-state index in [1.54, 1.807) is 41.5 Å². The van der Waals surface area contributed by atoms with Gasteiger partial charge in [0.1, 0.15) is 42.3 Å². The van der Waals surface area contributed by atoms with Gasteiger partial charge in [-0.15, -0.1) is 0 Å². The molecule has 0 saturated heterocycles. The van der Waals surface area contributed by atoms with Crippen LogP contribution in [0, 0.1) is 17.8 Å². The van der Waals surface area contributed by atoms with Crippen molar-refractivity contribution in [1.82, 2.24) is 37.2 Å². The van der Waals surface area contributed by atoms with Crippen molar-refractivity contribution in [3.8, 4) is 0 Å². The minimum absolute atomic E-state index is 0.0458. The van der Waals surface area contributed by atoms with Crippen molar-refractivity contribution in [3.63, 3.8) is 0 Å². The molecule has 24 heteroatoms. The first kappa shape index (κ1) is 53.8. The van der Waals surface area contributed by atoms with Crippen LogP contribution in [0.15, 0.2) is 4.99 Å². The first-order valence-corrected chi connectivity index (χ1v) is 19.1. The molecule has 0 aromatic heterocycles. The van der Waals surface area contributed by atoms with E-state index in [4.69, 9.17) is 27.4 Å². The molecule has 0 aliphatic rings. The standard InChI is InChI=1S/C35H65N11O13/c1-15(2)11-20(43-31(55)24(36)27(51)17(5)6)29(53)42-19(9-8-10-39-35(37)38)28(52)45-25(16(3)4)33(57)46-26(18(7)49)32(56)40-12-23(50)41-21(13-47)30(54)44-22(14-48)34(58)59/h15-22,24-27,47-49,51H,8-14,36H2,1-7H3,(H,40,56)(H,41,50)(H,42,53)(H,43,55)(H,44,54)(H,45,52)(H,46,57)(H,58,59)(H4,37,38,39)/t18-,19+,20-,21-,22-,24-,25-,26-,27+/m0/s1. The molecule has 0 saturated carbocycles. The van der Waals surface area contributed by atoms with E-state index in [1.165, 1.54) is 0 Å². The van der Waals surface area contributed by atoms with Gasteiger partial charge in [-0.2, -0.15) is 0 Å². The van der Waals surface area contributed by atoms with Crippen molar-refractivity contribution < 1.29 is 63.9 Å². The third-order valence-corrected chi connectivity index (χ3v) is 8.64. The van der Waals surface area contributed by atoms with Crippen molar-refractivity contribution in [2.75, 3.05) is 26.3 Å². The summed E-state index contributed by atoms with van der Waals surface area (Å²) >= 11 is 0. The molecule has 0 fully saturated rings. The summed E-state index contributed by atoms with van der Waals surface area (Å²) in [6.45, 7) is 8.48. The number of guanidine groups is 1. The number of aliphatic hydroxyl groups excluding tert-OH is 4. The predicted octanol–water partition coefficient (Wildman–Crippen LogP) is -6.44. The number of nitrogens with one attached hydrogen (secondary N) is 7. The van der Waals surface area contributed by atoms with Crippen LogP contribution in [0.1, 0.15) is 67.7 Å². The molecule has 0 spiro atoms. The summed E-state index contributed by atoms with van der Waals surface area (Å²) in [7, 11) is 0. The van der Waals surface area contributed by atoms with Crippen molar-refractivity contribution in [1.29, 1.82) is 0 Å². The number of amides is 7. The topological polar surface area (TPSA) is 412 Å². The minimum Gasteiger partial charge on any atom is -0.480 e. The van der Waals surface area contributed by atoms with Gasteiger partial charge in [-0.1, -0.05) is 41.5 Å². The number of carbonyl (C=O) groups excluding carboxylic acids is 7. The first-order chi connectivity index (χ1) is 27.4. The summed E-state index contributed by atoms with van der Waals surface area (Å²) in [5.41, 5.74) is 16.8. The smallest absolute Gasteiger partial charge is 0.328 e. The normalized spacial score (nSPS) is 15.8. The second-order valence-electron chi connectivity index (χ2n) is 15.0. The molecular formula is C35H65N11O13. The minimum atomic E-state index is -1.72. The molecule has 9 atom stereocenters. The van der Waals surface area contributed by atoms with Crippen LogP contribution in [0.4, 0.5) is 0 Å². The summed E-state index contributed by atoms with van der Waals surface area (Å²) in [4.78, 5) is 107. The average molecular weight is 848 g/mol. The van der Waals surface area contributed by atoms with Crippen LogP contribution < -0.4 is 54.4 Å². The summed E-state index contributed by atoms with van der Waals surface area (Å²) in [5.74, 6) is -9.52. The van der Waals surface area contributed by atoms with Crippen LogP contribution in [-0.4, -0.2) is 160 Å². The Balaban J connectivity index is 6.06. The van der Waals surface area contributed by atoms with E-state index in [9.17, 15) is 53.7 Å². The van der Waals surface area contributed by atoms with Crippen LogP contribution in [0.3, 0.4) is 0 Å². The zero-order valence-corrected chi connectivity index (χ0v) is 34.6. The Morgan fingerprint density at radius 2 is 1.12 bits per heavy atom. The maximum Gasteiger partial charge on any atom is 0.328 e. The number of hydrogen-bond donors (Lipinski definition) is 15. The van der Waals surface area contributed by atoms with E-state index in [2.05, 4.69) is 36.9 Å². The quantitative estimate of drug-likeness (QED) is 0.0208. The lowest BCUT2D eigenvalue weighted by molar-refractivity contribution is -0.143. The van der Waals surface area contributed by atoms with E-state index in [0.717, 1.165) is 6.92 Å². The zero-order chi connectivity index (χ0) is 45.7. The number of rotatable bonds is 27. The number of aliphatic imine (C=N–C) groups is 1. The maximum absolute atomic E-state index is 13.8. The lowest BCUT2D eigenvalue weighted by Crippen LogP contribution is -2.61. The molecular weight excluding hydrogens is 782 g/mol. The number of aliphatic hydroxyl groups is 4. The molecule has 0 bridgehead atoms. The lowest BCUT2D eigenvalue weighted by atomic mass is 9.98. The van der Waals surface area contributed by atoms with Crippen LogP contribution in [-0.2, 0) is 38.4 Å². The molecule has 7 amide bonds. The Kier molecular flexibility index (Phi) is 24.4. The van der Waals surface area contributed by atoms with E-state index < -0.39 is 127 Å². The first-order valence-electron chi connectivity index (χ1n) is 19.1. The summed E-state index contributed by atoms with van der Waals surface area (Å²) in [6, 6.07) is -10.3. The molecule has 24 nitrogen and oxygen atoms in total. The fraction of sp³-hybridized carbons (Fsp3) is 0.743. The van der Waals surface area contributed by atoms with Crippen LogP contribution in [0.25, 0.3) is 0 Å². The van der Waals surface area contributed by atoms with Gasteiger partial charge in [-0.25, -0.2) is 4.79 Å².